The smallest absolute Gasteiger partial charge is 0.347 e. The van der Waals surface area contributed by atoms with Gasteiger partial charge < -0.3 is 9.84 Å². The molecule has 0 aliphatic carbocycles. The van der Waals surface area contributed by atoms with Crippen molar-refractivity contribution in [2.75, 3.05) is 12.4 Å². The number of carboxylic acid groups (broad SMARTS) is 1. The third-order valence-electron chi connectivity index (χ3n) is 2.56. The molecule has 0 aliphatic heterocycles. The van der Waals surface area contributed by atoms with Gasteiger partial charge in [-0.25, -0.2) is 9.78 Å². The number of carbonyl (C=O) groups excluding carboxylic acids is 1. The number of ether oxygens (including phenoxy) is 1. The number of rotatable bonds is 4. The number of benzene rings is 1. The Morgan fingerprint density at radius 3 is 2.45 bits per heavy atom. The van der Waals surface area contributed by atoms with Gasteiger partial charge in [-0.3, -0.25) is 10.1 Å². The maximum absolute atomic E-state index is 12.0. The average Bonchev–Trinajstić information content (AvgIpc) is 2.79. The summed E-state index contributed by atoms with van der Waals surface area (Å²) in [7, 11) is 1.54. The van der Waals surface area contributed by atoms with Crippen LogP contribution in [0.3, 0.4) is 0 Å². The fourth-order valence-electron chi connectivity index (χ4n) is 1.56. The quantitative estimate of drug-likeness (QED) is 0.903. The molecule has 2 rings (SSSR count). The molecule has 7 heteroatoms. The van der Waals surface area contributed by atoms with Crippen LogP contribution in [-0.4, -0.2) is 29.1 Å². The molecule has 2 aromatic rings. The number of aromatic carboxylic acids is 1. The molecule has 1 aromatic heterocycles. The topological polar surface area (TPSA) is 88.5 Å². The first-order chi connectivity index (χ1) is 9.51. The summed E-state index contributed by atoms with van der Waals surface area (Å²) in [6.45, 7) is 1.59. The van der Waals surface area contributed by atoms with Crippen LogP contribution in [0.2, 0.25) is 0 Å². The number of aromatic nitrogens is 1. The molecule has 0 saturated heterocycles. The van der Waals surface area contributed by atoms with Crippen LogP contribution in [0.4, 0.5) is 5.13 Å². The van der Waals surface area contributed by atoms with Crippen LogP contribution in [0.5, 0.6) is 5.75 Å². The number of methoxy groups -OCH3 is 1. The number of amides is 1. The van der Waals surface area contributed by atoms with E-state index in [2.05, 4.69) is 10.3 Å². The molecule has 0 spiro atoms. The van der Waals surface area contributed by atoms with E-state index in [1.165, 1.54) is 0 Å². The van der Waals surface area contributed by atoms with Crippen molar-refractivity contribution in [3.63, 3.8) is 0 Å². The summed E-state index contributed by atoms with van der Waals surface area (Å²) in [6, 6.07) is 6.58. The van der Waals surface area contributed by atoms with Gasteiger partial charge in [0.05, 0.1) is 12.8 Å². The van der Waals surface area contributed by atoms with Crippen LogP contribution in [0.15, 0.2) is 24.3 Å². The number of hydrogen-bond donors (Lipinski definition) is 2. The Morgan fingerprint density at radius 2 is 1.95 bits per heavy atom. The van der Waals surface area contributed by atoms with Gasteiger partial charge in [-0.15, -0.1) is 0 Å². The monoisotopic (exact) mass is 292 g/mol. The number of anilines is 1. The second kappa shape index (κ2) is 5.70. The number of carboxylic acids is 1. The first-order valence-corrected chi connectivity index (χ1v) is 6.49. The van der Waals surface area contributed by atoms with Crippen molar-refractivity contribution in [3.05, 3.63) is 40.4 Å². The number of nitrogens with one attached hydrogen (secondary N) is 1. The van der Waals surface area contributed by atoms with E-state index in [0.717, 1.165) is 11.3 Å². The molecule has 0 fully saturated rings. The molecular formula is C13H12N2O4S. The molecule has 1 amide bonds. The minimum Gasteiger partial charge on any atom is -0.497 e. The number of thiazole rings is 1. The average molecular weight is 292 g/mol. The Balaban J connectivity index is 2.14. The zero-order valence-corrected chi connectivity index (χ0v) is 11.7. The van der Waals surface area contributed by atoms with E-state index >= 15 is 0 Å². The van der Waals surface area contributed by atoms with Gasteiger partial charge >= 0.3 is 5.97 Å². The highest BCUT2D eigenvalue weighted by molar-refractivity contribution is 7.17. The minimum atomic E-state index is -1.05. The van der Waals surface area contributed by atoms with Gasteiger partial charge in [-0.1, -0.05) is 11.3 Å². The summed E-state index contributed by atoms with van der Waals surface area (Å²) in [4.78, 5) is 27.0. The van der Waals surface area contributed by atoms with Crippen molar-refractivity contribution >= 4 is 28.3 Å². The first kappa shape index (κ1) is 14.0. The molecule has 0 atom stereocenters. The lowest BCUT2D eigenvalue weighted by Crippen LogP contribution is -2.11. The highest BCUT2D eigenvalue weighted by atomic mass is 32.1. The van der Waals surface area contributed by atoms with E-state index in [-0.39, 0.29) is 15.9 Å². The molecule has 0 radical (unpaired) electrons. The Hall–Kier alpha value is -2.41. The van der Waals surface area contributed by atoms with Crippen molar-refractivity contribution in [3.8, 4) is 5.75 Å². The summed E-state index contributed by atoms with van der Waals surface area (Å²) in [5.41, 5.74) is 0.822. The zero-order valence-electron chi connectivity index (χ0n) is 10.8. The fourth-order valence-corrected chi connectivity index (χ4v) is 2.36. The van der Waals surface area contributed by atoms with E-state index < -0.39 is 5.97 Å². The molecule has 1 aromatic carbocycles. The van der Waals surface area contributed by atoms with Gasteiger partial charge in [0.1, 0.15) is 10.6 Å². The minimum absolute atomic E-state index is 0.120. The molecule has 6 nitrogen and oxygen atoms in total. The first-order valence-electron chi connectivity index (χ1n) is 5.67. The van der Waals surface area contributed by atoms with Crippen LogP contribution >= 0.6 is 11.3 Å². The second-order valence-corrected chi connectivity index (χ2v) is 4.92. The molecule has 2 N–H and O–H groups in total. The van der Waals surface area contributed by atoms with Gasteiger partial charge in [0.15, 0.2) is 5.13 Å². The molecule has 0 saturated carbocycles. The van der Waals surface area contributed by atoms with Crippen LogP contribution in [0.25, 0.3) is 0 Å². The Bertz CT molecular complexity index is 649. The molecule has 0 unspecified atom stereocenters. The summed E-state index contributed by atoms with van der Waals surface area (Å²) in [5.74, 6) is -0.747. The summed E-state index contributed by atoms with van der Waals surface area (Å²) in [5, 5.41) is 11.8. The number of aryl methyl sites for hydroxylation is 1. The van der Waals surface area contributed by atoms with Gasteiger partial charge in [-0.05, 0) is 31.2 Å². The van der Waals surface area contributed by atoms with E-state index in [1.54, 1.807) is 38.3 Å². The largest absolute Gasteiger partial charge is 0.497 e. The van der Waals surface area contributed by atoms with E-state index in [1.807, 2.05) is 0 Å². The van der Waals surface area contributed by atoms with Crippen molar-refractivity contribution in [1.82, 2.24) is 4.98 Å². The highest BCUT2D eigenvalue weighted by Gasteiger charge is 2.16. The van der Waals surface area contributed by atoms with Crippen molar-refractivity contribution in [2.24, 2.45) is 0 Å². The highest BCUT2D eigenvalue weighted by Crippen LogP contribution is 2.23. The lowest BCUT2D eigenvalue weighted by atomic mass is 10.2. The van der Waals surface area contributed by atoms with Gasteiger partial charge in [0.2, 0.25) is 0 Å². The Labute approximate surface area is 119 Å². The number of carbonyl (C=O) groups is 2. The third kappa shape index (κ3) is 2.94. The van der Waals surface area contributed by atoms with Gasteiger partial charge in [0.25, 0.3) is 5.91 Å². The van der Waals surface area contributed by atoms with E-state index in [4.69, 9.17) is 9.84 Å². The molecule has 0 aliphatic rings. The standard InChI is InChI=1S/C13H12N2O4S/c1-7-10(12(17)18)20-13(14-7)15-11(16)8-3-5-9(19-2)6-4-8/h3-6H,1-2H3,(H,17,18)(H,14,15,16). The molecule has 104 valence electrons. The number of hydrogen-bond acceptors (Lipinski definition) is 5. The van der Waals surface area contributed by atoms with Crippen molar-refractivity contribution in [1.29, 1.82) is 0 Å². The summed E-state index contributed by atoms with van der Waals surface area (Å²) in [6.07, 6.45) is 0. The maximum Gasteiger partial charge on any atom is 0.347 e. The van der Waals surface area contributed by atoms with Crippen LogP contribution in [0.1, 0.15) is 25.7 Å². The summed E-state index contributed by atoms with van der Waals surface area (Å²) >= 11 is 0.931. The molecular weight excluding hydrogens is 280 g/mol. The molecule has 1 heterocycles. The lowest BCUT2D eigenvalue weighted by molar-refractivity contribution is 0.0701. The SMILES string of the molecule is COc1ccc(C(=O)Nc2nc(C)c(C(=O)O)s2)cc1. The fraction of sp³-hybridized carbons (Fsp3) is 0.154. The third-order valence-corrected chi connectivity index (χ3v) is 3.62. The predicted molar refractivity (Wildman–Crippen MR) is 74.8 cm³/mol. The zero-order chi connectivity index (χ0) is 14.7. The van der Waals surface area contributed by atoms with Crippen LogP contribution < -0.4 is 10.1 Å². The Morgan fingerprint density at radius 1 is 1.30 bits per heavy atom. The molecule has 20 heavy (non-hydrogen) atoms. The lowest BCUT2D eigenvalue weighted by Gasteiger charge is -2.03. The molecule has 0 bridgehead atoms. The summed E-state index contributed by atoms with van der Waals surface area (Å²) < 4.78 is 5.01. The van der Waals surface area contributed by atoms with Crippen LogP contribution in [-0.2, 0) is 0 Å². The Kier molecular flexibility index (Phi) is 3.99. The van der Waals surface area contributed by atoms with E-state index in [0.29, 0.717) is 17.0 Å². The van der Waals surface area contributed by atoms with Crippen LogP contribution in [0, 0.1) is 6.92 Å². The second-order valence-electron chi connectivity index (χ2n) is 3.92. The maximum atomic E-state index is 12.0. The van der Waals surface area contributed by atoms with Gasteiger partial charge in [0, 0.05) is 5.56 Å². The van der Waals surface area contributed by atoms with Gasteiger partial charge in [-0.2, -0.15) is 0 Å². The van der Waals surface area contributed by atoms with Crippen molar-refractivity contribution in [2.45, 2.75) is 6.92 Å². The van der Waals surface area contributed by atoms with Crippen molar-refractivity contribution < 1.29 is 19.4 Å². The normalized spacial score (nSPS) is 10.1. The van der Waals surface area contributed by atoms with E-state index in [9.17, 15) is 9.59 Å². The predicted octanol–water partition coefficient (Wildman–Crippen LogP) is 2.41. The number of nitrogens with zero attached hydrogens (tertiary/aromatic N) is 1.